The maximum atomic E-state index is 10.7. The molecule has 2 aliphatic heterocycles. The Hall–Kier alpha value is -0.410. The lowest BCUT2D eigenvalue weighted by Gasteiger charge is -2.38. The molecule has 2 saturated heterocycles. The Morgan fingerprint density at radius 2 is 2.21 bits per heavy atom. The summed E-state index contributed by atoms with van der Waals surface area (Å²) in [6, 6.07) is 0.575. The highest BCUT2D eigenvalue weighted by molar-refractivity contribution is 5.53. The van der Waals surface area contributed by atoms with Gasteiger partial charge in [-0.15, -0.1) is 0 Å². The lowest BCUT2D eigenvalue weighted by molar-refractivity contribution is -0.113. The van der Waals surface area contributed by atoms with Gasteiger partial charge in [0.15, 0.2) is 0 Å². The van der Waals surface area contributed by atoms with Crippen LogP contribution >= 0.6 is 0 Å². The number of piperidine rings is 1. The zero-order chi connectivity index (χ0) is 9.80. The number of likely N-dealkylation sites (tertiary alicyclic amines) is 1. The van der Waals surface area contributed by atoms with Gasteiger partial charge in [-0.25, -0.2) is 0 Å². The third-order valence-electron chi connectivity index (χ3n) is 3.33. The van der Waals surface area contributed by atoms with E-state index in [0.29, 0.717) is 6.04 Å². The fourth-order valence-electron chi connectivity index (χ4n) is 2.49. The number of carbonyl (C=O) groups is 1. The van der Waals surface area contributed by atoms with Crippen LogP contribution < -0.4 is 0 Å². The molecule has 80 valence electrons. The van der Waals surface area contributed by atoms with Crippen LogP contribution in [0.4, 0.5) is 0 Å². The predicted octanol–water partition coefficient (Wildman–Crippen LogP) is 1.08. The van der Waals surface area contributed by atoms with Crippen LogP contribution in [0.2, 0.25) is 0 Å². The minimum absolute atomic E-state index is 0.269. The lowest BCUT2D eigenvalue weighted by Crippen LogP contribution is -2.46. The second-order valence-electron chi connectivity index (χ2n) is 4.40. The van der Waals surface area contributed by atoms with E-state index < -0.39 is 0 Å². The van der Waals surface area contributed by atoms with Crippen molar-refractivity contribution >= 4 is 6.29 Å². The Kier molecular flexibility index (Phi) is 3.54. The van der Waals surface area contributed by atoms with E-state index in [2.05, 4.69) is 4.90 Å². The van der Waals surface area contributed by atoms with Gasteiger partial charge in [0.2, 0.25) is 0 Å². The van der Waals surface area contributed by atoms with Crippen LogP contribution in [0, 0.1) is 5.92 Å². The number of aldehydes is 1. The molecule has 0 aromatic rings. The van der Waals surface area contributed by atoms with Crippen LogP contribution in [0.5, 0.6) is 0 Å². The fraction of sp³-hybridized carbons (Fsp3) is 0.909. The molecular weight excluding hydrogens is 178 g/mol. The first kappa shape index (κ1) is 10.1. The maximum Gasteiger partial charge on any atom is 0.124 e. The van der Waals surface area contributed by atoms with E-state index in [0.717, 1.165) is 39.0 Å². The largest absolute Gasteiger partial charge is 0.380 e. The van der Waals surface area contributed by atoms with Crippen molar-refractivity contribution in [3.63, 3.8) is 0 Å². The zero-order valence-corrected chi connectivity index (χ0v) is 8.65. The number of hydrogen-bond donors (Lipinski definition) is 0. The molecule has 0 spiro atoms. The topological polar surface area (TPSA) is 29.5 Å². The van der Waals surface area contributed by atoms with Crippen molar-refractivity contribution in [3.8, 4) is 0 Å². The summed E-state index contributed by atoms with van der Waals surface area (Å²) in [5.41, 5.74) is 0. The van der Waals surface area contributed by atoms with E-state index in [9.17, 15) is 4.79 Å². The third kappa shape index (κ3) is 2.34. The van der Waals surface area contributed by atoms with Gasteiger partial charge in [-0.3, -0.25) is 4.90 Å². The smallest absolute Gasteiger partial charge is 0.124 e. The number of nitrogens with zero attached hydrogens (tertiary/aromatic N) is 1. The quantitative estimate of drug-likeness (QED) is 0.620. The SMILES string of the molecule is O=CC1CCCN(C2CCCOC2)C1. The molecule has 2 unspecified atom stereocenters. The van der Waals surface area contributed by atoms with Crippen molar-refractivity contribution in [1.82, 2.24) is 4.90 Å². The lowest BCUT2D eigenvalue weighted by atomic mass is 9.97. The van der Waals surface area contributed by atoms with Crippen LogP contribution in [-0.2, 0) is 9.53 Å². The molecule has 2 fully saturated rings. The van der Waals surface area contributed by atoms with Gasteiger partial charge in [0.1, 0.15) is 6.29 Å². The van der Waals surface area contributed by atoms with E-state index in [1.807, 2.05) is 0 Å². The fourth-order valence-corrected chi connectivity index (χ4v) is 2.49. The molecule has 2 rings (SSSR count). The molecular formula is C11H19NO2. The molecule has 2 atom stereocenters. The second-order valence-corrected chi connectivity index (χ2v) is 4.40. The molecule has 2 aliphatic rings. The van der Waals surface area contributed by atoms with Crippen molar-refractivity contribution < 1.29 is 9.53 Å². The molecule has 0 aliphatic carbocycles. The molecule has 0 N–H and O–H groups in total. The number of carbonyl (C=O) groups excluding carboxylic acids is 1. The maximum absolute atomic E-state index is 10.7. The standard InChI is InChI=1S/C11H19NO2/c13-8-10-3-1-5-12(7-10)11-4-2-6-14-9-11/h8,10-11H,1-7,9H2. The Bertz CT molecular complexity index is 190. The van der Waals surface area contributed by atoms with Gasteiger partial charge in [0.05, 0.1) is 6.61 Å². The summed E-state index contributed by atoms with van der Waals surface area (Å²) in [5.74, 6) is 0.269. The first-order valence-electron chi connectivity index (χ1n) is 5.67. The highest BCUT2D eigenvalue weighted by Gasteiger charge is 2.26. The third-order valence-corrected chi connectivity index (χ3v) is 3.33. The average Bonchev–Trinajstić information content (AvgIpc) is 2.30. The summed E-state index contributed by atoms with van der Waals surface area (Å²) >= 11 is 0. The Morgan fingerprint density at radius 1 is 1.29 bits per heavy atom. The highest BCUT2D eigenvalue weighted by atomic mass is 16.5. The average molecular weight is 197 g/mol. The minimum Gasteiger partial charge on any atom is -0.380 e. The highest BCUT2D eigenvalue weighted by Crippen LogP contribution is 2.21. The van der Waals surface area contributed by atoms with Crippen LogP contribution in [0.1, 0.15) is 25.7 Å². The van der Waals surface area contributed by atoms with Crippen molar-refractivity contribution in [2.75, 3.05) is 26.3 Å². The van der Waals surface area contributed by atoms with Crippen molar-refractivity contribution in [3.05, 3.63) is 0 Å². The molecule has 0 saturated carbocycles. The van der Waals surface area contributed by atoms with Gasteiger partial charge in [0, 0.05) is 25.1 Å². The molecule has 0 amide bonds. The van der Waals surface area contributed by atoms with Gasteiger partial charge < -0.3 is 9.53 Å². The molecule has 0 aromatic carbocycles. The molecule has 3 nitrogen and oxygen atoms in total. The predicted molar refractivity (Wildman–Crippen MR) is 54.2 cm³/mol. The van der Waals surface area contributed by atoms with E-state index in [1.165, 1.54) is 19.3 Å². The van der Waals surface area contributed by atoms with Crippen molar-refractivity contribution in [2.45, 2.75) is 31.7 Å². The van der Waals surface area contributed by atoms with Gasteiger partial charge in [0.25, 0.3) is 0 Å². The van der Waals surface area contributed by atoms with Gasteiger partial charge >= 0.3 is 0 Å². The van der Waals surface area contributed by atoms with Gasteiger partial charge in [-0.2, -0.15) is 0 Å². The summed E-state index contributed by atoms with van der Waals surface area (Å²) < 4.78 is 5.47. The van der Waals surface area contributed by atoms with Gasteiger partial charge in [-0.1, -0.05) is 0 Å². The zero-order valence-electron chi connectivity index (χ0n) is 8.65. The van der Waals surface area contributed by atoms with Gasteiger partial charge in [-0.05, 0) is 32.2 Å². The molecule has 0 bridgehead atoms. The van der Waals surface area contributed by atoms with Crippen LogP contribution in [0.3, 0.4) is 0 Å². The number of rotatable bonds is 2. The van der Waals surface area contributed by atoms with Crippen LogP contribution in [0.25, 0.3) is 0 Å². The number of hydrogen-bond acceptors (Lipinski definition) is 3. The second kappa shape index (κ2) is 4.89. The van der Waals surface area contributed by atoms with Crippen molar-refractivity contribution in [1.29, 1.82) is 0 Å². The monoisotopic (exact) mass is 197 g/mol. The van der Waals surface area contributed by atoms with E-state index in [4.69, 9.17) is 4.74 Å². The molecule has 0 aromatic heterocycles. The van der Waals surface area contributed by atoms with Crippen molar-refractivity contribution in [2.24, 2.45) is 5.92 Å². The van der Waals surface area contributed by atoms with E-state index in [1.54, 1.807) is 0 Å². The normalized spacial score (nSPS) is 35.4. The Morgan fingerprint density at radius 3 is 2.93 bits per heavy atom. The van der Waals surface area contributed by atoms with E-state index in [-0.39, 0.29) is 5.92 Å². The molecule has 14 heavy (non-hydrogen) atoms. The first-order valence-corrected chi connectivity index (χ1v) is 5.67. The Balaban J connectivity index is 1.86. The summed E-state index contributed by atoms with van der Waals surface area (Å²) in [4.78, 5) is 13.2. The molecule has 0 radical (unpaired) electrons. The summed E-state index contributed by atoms with van der Waals surface area (Å²) in [6.45, 7) is 3.89. The Labute approximate surface area is 85.4 Å². The number of ether oxygens (including phenoxy) is 1. The molecule has 2 heterocycles. The minimum atomic E-state index is 0.269. The summed E-state index contributed by atoms with van der Waals surface area (Å²) in [5, 5.41) is 0. The molecule has 3 heteroatoms. The summed E-state index contributed by atoms with van der Waals surface area (Å²) in [6.07, 6.45) is 5.78. The van der Waals surface area contributed by atoms with Crippen LogP contribution in [0.15, 0.2) is 0 Å². The van der Waals surface area contributed by atoms with E-state index >= 15 is 0 Å². The first-order chi connectivity index (χ1) is 6.90. The van der Waals surface area contributed by atoms with Crippen LogP contribution in [-0.4, -0.2) is 43.5 Å². The summed E-state index contributed by atoms with van der Waals surface area (Å²) in [7, 11) is 0.